The van der Waals surface area contributed by atoms with E-state index in [1.807, 2.05) is 6.92 Å². The summed E-state index contributed by atoms with van der Waals surface area (Å²) in [6.45, 7) is 5.77. The number of oxime groups is 1. The van der Waals surface area contributed by atoms with Gasteiger partial charge in [0.05, 0.1) is 32.8 Å². The second-order valence-corrected chi connectivity index (χ2v) is 6.15. The van der Waals surface area contributed by atoms with Gasteiger partial charge in [-0.2, -0.15) is 5.01 Å². The zero-order valence-corrected chi connectivity index (χ0v) is 16.2. The highest BCUT2D eigenvalue weighted by Crippen LogP contribution is 2.33. The average Bonchev–Trinajstić information content (AvgIpc) is 2.93. The van der Waals surface area contributed by atoms with Gasteiger partial charge in [0.2, 0.25) is 17.5 Å². The number of carboxylic acid groups (broad SMARTS) is 1. The highest BCUT2D eigenvalue weighted by Gasteiger charge is 2.40. The van der Waals surface area contributed by atoms with Crippen LogP contribution in [0.3, 0.4) is 0 Å². The number of rotatable bonds is 8. The summed E-state index contributed by atoms with van der Waals surface area (Å²) in [5.41, 5.74) is -0.229. The summed E-state index contributed by atoms with van der Waals surface area (Å²) in [7, 11) is 3.12. The molecule has 148 valence electrons. The van der Waals surface area contributed by atoms with Gasteiger partial charge in [0, 0.05) is 12.5 Å². The first-order valence-electron chi connectivity index (χ1n) is 8.53. The molecule has 1 aliphatic heterocycles. The van der Waals surface area contributed by atoms with E-state index >= 15 is 0 Å². The smallest absolute Gasteiger partial charge is 0.303 e. The van der Waals surface area contributed by atoms with Crippen LogP contribution in [0, 0.1) is 0 Å². The number of methoxy groups -OCH3 is 2. The lowest BCUT2D eigenvalue weighted by molar-refractivity contribution is -0.136. The molecule has 9 nitrogen and oxygen atoms in total. The third kappa shape index (κ3) is 4.81. The van der Waals surface area contributed by atoms with E-state index in [-0.39, 0.29) is 12.8 Å². The van der Waals surface area contributed by atoms with E-state index in [4.69, 9.17) is 24.2 Å². The summed E-state index contributed by atoms with van der Waals surface area (Å²) in [4.78, 5) is 16.4. The summed E-state index contributed by atoms with van der Waals surface area (Å²) >= 11 is 0. The zero-order chi connectivity index (χ0) is 20.0. The van der Waals surface area contributed by atoms with Crippen molar-refractivity contribution in [2.24, 2.45) is 10.3 Å². The van der Waals surface area contributed by atoms with Gasteiger partial charge in [0.1, 0.15) is 11.5 Å². The van der Waals surface area contributed by atoms with Crippen molar-refractivity contribution in [3.63, 3.8) is 0 Å². The Labute approximate surface area is 158 Å². The first-order chi connectivity index (χ1) is 12.8. The van der Waals surface area contributed by atoms with Crippen LogP contribution in [0.4, 0.5) is 0 Å². The Kier molecular flexibility index (Phi) is 6.49. The van der Waals surface area contributed by atoms with Crippen LogP contribution in [0.5, 0.6) is 11.5 Å². The van der Waals surface area contributed by atoms with Crippen molar-refractivity contribution in [3.8, 4) is 11.5 Å². The lowest BCUT2D eigenvalue weighted by Crippen LogP contribution is -2.41. The van der Waals surface area contributed by atoms with E-state index in [0.717, 1.165) is 0 Å². The average molecular weight is 379 g/mol. The minimum Gasteiger partial charge on any atom is -0.497 e. The number of aliphatic carboxylic acids is 1. The van der Waals surface area contributed by atoms with Crippen LogP contribution in [0.25, 0.3) is 0 Å². The molecule has 0 radical (unpaired) electrons. The van der Waals surface area contributed by atoms with Crippen molar-refractivity contribution in [1.29, 1.82) is 0 Å². The molecule has 0 saturated carbocycles. The van der Waals surface area contributed by atoms with Crippen LogP contribution >= 0.6 is 0 Å². The molecule has 0 spiro atoms. The molecule has 0 aromatic heterocycles. The molecule has 0 atom stereocenters. The third-order valence-electron chi connectivity index (χ3n) is 3.79. The number of benzene rings is 1. The number of amidine groups is 1. The van der Waals surface area contributed by atoms with Crippen LogP contribution in [0.2, 0.25) is 0 Å². The Morgan fingerprint density at radius 1 is 1.30 bits per heavy atom. The van der Waals surface area contributed by atoms with Gasteiger partial charge >= 0.3 is 5.97 Å². The monoisotopic (exact) mass is 379 g/mol. The Morgan fingerprint density at radius 3 is 2.63 bits per heavy atom. The Hall–Kier alpha value is -2.97. The van der Waals surface area contributed by atoms with Crippen LogP contribution in [0.1, 0.15) is 39.2 Å². The fourth-order valence-electron chi connectivity index (χ4n) is 2.44. The topological polar surface area (TPSA) is 102 Å². The van der Waals surface area contributed by atoms with E-state index in [9.17, 15) is 4.79 Å². The van der Waals surface area contributed by atoms with Crippen LogP contribution in [-0.4, -0.2) is 54.4 Å². The largest absolute Gasteiger partial charge is 0.497 e. The lowest BCUT2D eigenvalue weighted by Gasteiger charge is -2.27. The molecule has 0 unspecified atom stereocenters. The number of hydrogen-bond donors (Lipinski definition) is 1. The summed E-state index contributed by atoms with van der Waals surface area (Å²) in [5.74, 6) is 0.967. The molecular formula is C18H25N3O6. The van der Waals surface area contributed by atoms with E-state index in [2.05, 4.69) is 10.3 Å². The predicted molar refractivity (Wildman–Crippen MR) is 99.0 cm³/mol. The third-order valence-corrected chi connectivity index (χ3v) is 3.79. The molecule has 1 aromatic carbocycles. The van der Waals surface area contributed by atoms with Crippen molar-refractivity contribution in [2.75, 3.05) is 20.8 Å². The van der Waals surface area contributed by atoms with Crippen LogP contribution in [-0.2, 0) is 14.4 Å². The van der Waals surface area contributed by atoms with Gasteiger partial charge < -0.3 is 24.2 Å². The maximum absolute atomic E-state index is 10.9. The van der Waals surface area contributed by atoms with Gasteiger partial charge in [0.15, 0.2) is 0 Å². The molecule has 1 aliphatic rings. The molecule has 1 heterocycles. The number of ether oxygens (including phenoxy) is 3. The minimum absolute atomic E-state index is 0.0910. The van der Waals surface area contributed by atoms with Gasteiger partial charge in [0.25, 0.3) is 0 Å². The molecule has 0 aliphatic carbocycles. The lowest BCUT2D eigenvalue weighted by atomic mass is 10.1. The van der Waals surface area contributed by atoms with Crippen molar-refractivity contribution in [2.45, 2.75) is 39.3 Å². The number of carboxylic acids is 1. The maximum atomic E-state index is 10.9. The number of hydrogen-bond acceptors (Lipinski definition) is 8. The highest BCUT2D eigenvalue weighted by atomic mass is 16.7. The highest BCUT2D eigenvalue weighted by molar-refractivity contribution is 6.02. The maximum Gasteiger partial charge on any atom is 0.303 e. The standard InChI is InChI=1S/C18H25N3O6/c1-6-26-15(9-10-16(22)23)19-21-17(20-27-18(21,2)3)13-8-7-12(24-4)11-14(13)25-5/h7-8,11H,6,9-10H2,1-5H3,(H,22,23). The zero-order valence-electron chi connectivity index (χ0n) is 16.2. The predicted octanol–water partition coefficient (Wildman–Crippen LogP) is 2.65. The molecule has 0 fully saturated rings. The van der Waals surface area contributed by atoms with Gasteiger partial charge in [-0.05, 0) is 32.9 Å². The van der Waals surface area contributed by atoms with E-state index in [1.165, 1.54) is 0 Å². The van der Waals surface area contributed by atoms with Crippen LogP contribution in [0.15, 0.2) is 28.5 Å². The molecule has 0 saturated heterocycles. The molecule has 0 amide bonds. The van der Waals surface area contributed by atoms with E-state index < -0.39 is 11.7 Å². The molecule has 27 heavy (non-hydrogen) atoms. The molecule has 1 aromatic rings. The van der Waals surface area contributed by atoms with Crippen LogP contribution < -0.4 is 9.47 Å². The van der Waals surface area contributed by atoms with Gasteiger partial charge in [-0.25, -0.2) is 0 Å². The minimum atomic E-state index is -0.926. The molecule has 9 heteroatoms. The first-order valence-corrected chi connectivity index (χ1v) is 8.53. The quantitative estimate of drug-likeness (QED) is 0.547. The van der Waals surface area contributed by atoms with Crippen molar-refractivity contribution < 1.29 is 28.9 Å². The normalized spacial score (nSPS) is 15.8. The second kappa shape index (κ2) is 8.61. The van der Waals surface area contributed by atoms with Gasteiger partial charge in [-0.15, -0.1) is 5.10 Å². The summed E-state index contributed by atoms with van der Waals surface area (Å²) in [6.07, 6.45) is 0.0646. The molecule has 0 bridgehead atoms. The van der Waals surface area contributed by atoms with Gasteiger partial charge in [-0.1, -0.05) is 5.16 Å². The Balaban J connectivity index is 2.41. The number of nitrogens with zero attached hydrogens (tertiary/aromatic N) is 3. The Morgan fingerprint density at radius 2 is 2.04 bits per heavy atom. The fraction of sp³-hybridized carbons (Fsp3) is 0.500. The summed E-state index contributed by atoms with van der Waals surface area (Å²) in [6, 6.07) is 5.31. The summed E-state index contributed by atoms with van der Waals surface area (Å²) in [5, 5.41) is 19.1. The number of hydrazone groups is 1. The Bertz CT molecular complexity index is 745. The first kappa shape index (κ1) is 20.3. The van der Waals surface area contributed by atoms with Crippen molar-refractivity contribution >= 4 is 17.7 Å². The van der Waals surface area contributed by atoms with E-state index in [1.54, 1.807) is 51.3 Å². The van der Waals surface area contributed by atoms with Gasteiger partial charge in [-0.3, -0.25) is 4.79 Å². The number of carbonyl (C=O) groups is 1. The summed E-state index contributed by atoms with van der Waals surface area (Å²) < 4.78 is 16.2. The molecular weight excluding hydrogens is 354 g/mol. The fourth-order valence-corrected chi connectivity index (χ4v) is 2.44. The second-order valence-electron chi connectivity index (χ2n) is 6.15. The van der Waals surface area contributed by atoms with E-state index in [0.29, 0.717) is 35.4 Å². The SMILES string of the molecule is CCOC(CCC(=O)O)=NN1C(c2ccc(OC)cc2OC)=NOC1(C)C. The molecule has 1 N–H and O–H groups in total. The van der Waals surface area contributed by atoms with Crippen molar-refractivity contribution in [1.82, 2.24) is 5.01 Å². The van der Waals surface area contributed by atoms with Crippen molar-refractivity contribution in [3.05, 3.63) is 23.8 Å². The molecule has 2 rings (SSSR count).